The second-order valence-electron chi connectivity index (χ2n) is 10.4. The van der Waals surface area contributed by atoms with Gasteiger partial charge in [-0.15, -0.1) is 0 Å². The summed E-state index contributed by atoms with van der Waals surface area (Å²) < 4.78 is 97.6. The lowest BCUT2D eigenvalue weighted by Gasteiger charge is -2.14. The van der Waals surface area contributed by atoms with Gasteiger partial charge in [0.2, 0.25) is 5.88 Å². The maximum atomic E-state index is 13.7. The summed E-state index contributed by atoms with van der Waals surface area (Å²) in [6.07, 6.45) is -4.17. The van der Waals surface area contributed by atoms with Gasteiger partial charge in [-0.05, 0) is 66.7 Å². The van der Waals surface area contributed by atoms with Crippen LogP contribution >= 0.6 is 46.4 Å². The molecule has 0 unspecified atom stereocenters. The molecule has 0 saturated heterocycles. The topological polar surface area (TPSA) is 139 Å². The van der Waals surface area contributed by atoms with E-state index in [1.54, 1.807) is 5.32 Å². The van der Waals surface area contributed by atoms with Gasteiger partial charge in [0.1, 0.15) is 39.4 Å². The highest BCUT2D eigenvalue weighted by atomic mass is 35.5. The van der Waals surface area contributed by atoms with Crippen LogP contribution in [0.1, 0.15) is 26.3 Å². The molecule has 5 aromatic rings. The molecular formula is C34H18Cl4F7N5O5. The van der Waals surface area contributed by atoms with Gasteiger partial charge in [-0.1, -0.05) is 58.5 Å². The molecule has 286 valence electrons. The molecule has 6 amide bonds. The molecule has 0 radical (unpaired) electrons. The summed E-state index contributed by atoms with van der Waals surface area (Å²) in [6.45, 7) is 0. The van der Waals surface area contributed by atoms with E-state index in [-0.39, 0.29) is 21.5 Å². The number of carbonyl (C=O) groups excluding carboxylic acids is 4. The smallest absolute Gasteiger partial charge is 0.417 e. The van der Waals surface area contributed by atoms with Crippen molar-refractivity contribution in [3.05, 3.63) is 145 Å². The first kappa shape index (κ1) is 42.1. The molecule has 1 heterocycles. The second-order valence-corrected chi connectivity index (χ2v) is 12.1. The number of amides is 6. The lowest BCUT2D eigenvalue weighted by atomic mass is 10.2. The van der Waals surface area contributed by atoms with E-state index in [0.29, 0.717) is 23.0 Å². The van der Waals surface area contributed by atoms with Gasteiger partial charge in [0, 0.05) is 22.6 Å². The highest BCUT2D eigenvalue weighted by Gasteiger charge is 2.32. The quantitative estimate of drug-likeness (QED) is 0.126. The fourth-order valence-corrected chi connectivity index (χ4v) is 5.00. The maximum absolute atomic E-state index is 13.7. The number of urea groups is 2. The molecule has 0 aliphatic heterocycles. The van der Waals surface area contributed by atoms with Crippen LogP contribution in [0.3, 0.4) is 0 Å². The Hall–Kier alpha value is -5.62. The van der Waals surface area contributed by atoms with Gasteiger partial charge in [0.05, 0.1) is 15.6 Å². The molecule has 0 aliphatic carbocycles. The van der Waals surface area contributed by atoms with Gasteiger partial charge in [-0.25, -0.2) is 32.1 Å². The zero-order valence-electron chi connectivity index (χ0n) is 26.7. The Kier molecular flexibility index (Phi) is 13.9. The first-order chi connectivity index (χ1) is 25.8. The SMILES string of the molecule is O=C(NC(=O)c1c(F)cccc1F)Nc1cc(Cl)c(Oc2ncc(C(F)(F)F)cc2Cl)c(Cl)c1.O=C(NC(=O)c1c(F)cccc1F)Nc1ccc(Cl)cc1. The van der Waals surface area contributed by atoms with E-state index in [4.69, 9.17) is 51.1 Å². The minimum Gasteiger partial charge on any atom is -0.434 e. The zero-order chi connectivity index (χ0) is 40.6. The number of rotatable bonds is 6. The molecule has 0 atom stereocenters. The molecule has 0 fully saturated rings. The number of hydrogen-bond donors (Lipinski definition) is 4. The Morgan fingerprint density at radius 2 is 1.04 bits per heavy atom. The highest BCUT2D eigenvalue weighted by Crippen LogP contribution is 2.41. The van der Waals surface area contributed by atoms with E-state index in [2.05, 4.69) is 15.6 Å². The van der Waals surface area contributed by atoms with Crippen LogP contribution in [-0.4, -0.2) is 28.9 Å². The van der Waals surface area contributed by atoms with E-state index in [9.17, 15) is 49.9 Å². The van der Waals surface area contributed by atoms with Crippen molar-refractivity contribution in [3.8, 4) is 11.6 Å². The lowest BCUT2D eigenvalue weighted by Crippen LogP contribution is -2.35. The van der Waals surface area contributed by atoms with Crippen LogP contribution in [0.2, 0.25) is 20.1 Å². The first-order valence-electron chi connectivity index (χ1n) is 14.6. The molecule has 10 nitrogen and oxygen atoms in total. The first-order valence-corrected chi connectivity index (χ1v) is 16.1. The summed E-state index contributed by atoms with van der Waals surface area (Å²) in [5, 5.41) is 7.67. The number of carbonyl (C=O) groups is 4. The van der Waals surface area contributed by atoms with Crippen molar-refractivity contribution in [2.24, 2.45) is 0 Å². The molecule has 0 saturated carbocycles. The average Bonchev–Trinajstić information content (AvgIpc) is 3.07. The van der Waals surface area contributed by atoms with Gasteiger partial charge >= 0.3 is 18.2 Å². The molecule has 4 aromatic carbocycles. The van der Waals surface area contributed by atoms with Crippen LogP contribution in [0.25, 0.3) is 0 Å². The van der Waals surface area contributed by atoms with Crippen LogP contribution in [0.4, 0.5) is 51.7 Å². The number of benzene rings is 4. The summed E-state index contributed by atoms with van der Waals surface area (Å²) in [7, 11) is 0. The van der Waals surface area contributed by atoms with Gasteiger partial charge in [0.15, 0.2) is 5.75 Å². The highest BCUT2D eigenvalue weighted by molar-refractivity contribution is 6.38. The summed E-state index contributed by atoms with van der Waals surface area (Å²) >= 11 is 23.6. The van der Waals surface area contributed by atoms with Crippen molar-refractivity contribution in [1.82, 2.24) is 15.6 Å². The van der Waals surface area contributed by atoms with Crippen LogP contribution < -0.4 is 26.0 Å². The van der Waals surface area contributed by atoms with E-state index in [1.165, 1.54) is 24.3 Å². The van der Waals surface area contributed by atoms with E-state index < -0.39 is 80.9 Å². The number of nitrogens with zero attached hydrogens (tertiary/aromatic N) is 1. The molecular weight excluding hydrogens is 833 g/mol. The molecule has 21 heteroatoms. The van der Waals surface area contributed by atoms with E-state index in [1.807, 2.05) is 5.32 Å². The summed E-state index contributed by atoms with van der Waals surface area (Å²) in [6, 6.07) is 12.5. The Labute approximate surface area is 324 Å². The van der Waals surface area contributed by atoms with Crippen molar-refractivity contribution >= 4 is 81.7 Å². The van der Waals surface area contributed by atoms with Crippen LogP contribution in [0.15, 0.2) is 85.1 Å². The Balaban J connectivity index is 0.000000274. The predicted octanol–water partition coefficient (Wildman–Crippen LogP) is 10.7. The fraction of sp³-hybridized carbons (Fsp3) is 0.0294. The van der Waals surface area contributed by atoms with Crippen LogP contribution in [0, 0.1) is 23.3 Å². The van der Waals surface area contributed by atoms with Crippen molar-refractivity contribution in [3.63, 3.8) is 0 Å². The number of nitrogens with one attached hydrogen (secondary N) is 4. The van der Waals surface area contributed by atoms with Crippen LogP contribution in [-0.2, 0) is 6.18 Å². The second kappa shape index (κ2) is 18.1. The molecule has 0 aliphatic rings. The Morgan fingerprint density at radius 3 is 1.45 bits per heavy atom. The van der Waals surface area contributed by atoms with Gasteiger partial charge < -0.3 is 15.4 Å². The molecule has 4 N–H and O–H groups in total. The molecule has 0 bridgehead atoms. The van der Waals surface area contributed by atoms with Crippen molar-refractivity contribution < 1.29 is 54.6 Å². The number of pyridine rings is 1. The third-order valence-electron chi connectivity index (χ3n) is 6.53. The van der Waals surface area contributed by atoms with Gasteiger partial charge in [0.25, 0.3) is 11.8 Å². The van der Waals surface area contributed by atoms with Crippen LogP contribution in [0.5, 0.6) is 11.6 Å². The number of hydrogen-bond acceptors (Lipinski definition) is 6. The Morgan fingerprint density at radius 1 is 0.600 bits per heavy atom. The number of halogens is 11. The van der Waals surface area contributed by atoms with Gasteiger partial charge in [-0.2, -0.15) is 13.2 Å². The maximum Gasteiger partial charge on any atom is 0.417 e. The predicted molar refractivity (Wildman–Crippen MR) is 188 cm³/mol. The third-order valence-corrected chi connectivity index (χ3v) is 7.61. The number of alkyl halides is 3. The normalized spacial score (nSPS) is 10.7. The largest absolute Gasteiger partial charge is 0.434 e. The van der Waals surface area contributed by atoms with Gasteiger partial charge in [-0.3, -0.25) is 20.2 Å². The standard InChI is InChI=1S/C20H9Cl3F5N3O3.C14H9ClF2N2O2/c21-10-5-9(30-19(33)31-17(32)15-13(24)2-1-3-14(15)25)6-11(22)16(10)34-18-12(23)4-8(7-29-18)20(26,27)28;15-8-4-6-9(7-5-8)18-14(21)19-13(20)12-10(16)2-1-3-11(12)17/h1-7H,(H2,30,31,32,33);1-7H,(H2,18,19,20,21). The minimum absolute atomic E-state index is 0.0619. The molecule has 55 heavy (non-hydrogen) atoms. The zero-order valence-corrected chi connectivity index (χ0v) is 29.8. The summed E-state index contributed by atoms with van der Waals surface area (Å²) in [5.74, 6) is -7.62. The fourth-order valence-electron chi connectivity index (χ4n) is 4.10. The molecule has 1 aromatic heterocycles. The lowest BCUT2D eigenvalue weighted by molar-refractivity contribution is -0.137. The average molecular weight is 851 g/mol. The summed E-state index contributed by atoms with van der Waals surface area (Å²) in [5.41, 5.74) is -2.56. The number of imide groups is 2. The monoisotopic (exact) mass is 849 g/mol. The number of aromatic nitrogens is 1. The van der Waals surface area contributed by atoms with E-state index in [0.717, 1.165) is 48.5 Å². The van der Waals surface area contributed by atoms with Crippen molar-refractivity contribution in [2.75, 3.05) is 10.6 Å². The van der Waals surface area contributed by atoms with E-state index >= 15 is 0 Å². The third kappa shape index (κ3) is 11.4. The summed E-state index contributed by atoms with van der Waals surface area (Å²) in [4.78, 5) is 50.8. The van der Waals surface area contributed by atoms with Crippen molar-refractivity contribution in [1.29, 1.82) is 0 Å². The molecule has 0 spiro atoms. The number of anilines is 2. The van der Waals surface area contributed by atoms with Crippen molar-refractivity contribution in [2.45, 2.75) is 6.18 Å². The minimum atomic E-state index is -4.67. The Bertz CT molecular complexity index is 2220. The molecule has 5 rings (SSSR count). The number of ether oxygens (including phenoxy) is 1.